The van der Waals surface area contributed by atoms with Crippen LogP contribution in [0.2, 0.25) is 0 Å². The molecule has 1 aliphatic heterocycles. The van der Waals surface area contributed by atoms with Gasteiger partial charge in [-0.05, 0) is 19.9 Å². The lowest BCUT2D eigenvalue weighted by Crippen LogP contribution is -2.33. The first-order valence-electron chi connectivity index (χ1n) is 3.96. The molecule has 1 aliphatic rings. The average Bonchev–Trinajstić information content (AvgIpc) is 2.14. The van der Waals surface area contributed by atoms with Gasteiger partial charge in [-0.2, -0.15) is 0 Å². The zero-order valence-electron chi connectivity index (χ0n) is 7.29. The maximum Gasteiger partial charge on any atom is 0.0581 e. The van der Waals surface area contributed by atoms with Crippen LogP contribution in [0.3, 0.4) is 0 Å². The van der Waals surface area contributed by atoms with Crippen LogP contribution in [0, 0.1) is 5.92 Å². The zero-order chi connectivity index (χ0) is 7.72. The van der Waals surface area contributed by atoms with Crippen molar-refractivity contribution in [3.63, 3.8) is 0 Å². The second kappa shape index (κ2) is 3.14. The van der Waals surface area contributed by atoms with E-state index in [4.69, 9.17) is 0 Å². The van der Waals surface area contributed by atoms with Gasteiger partial charge in [-0.3, -0.25) is 4.90 Å². The van der Waals surface area contributed by atoms with Crippen molar-refractivity contribution in [3.8, 4) is 0 Å². The molecule has 0 bridgehead atoms. The molecule has 1 rings (SSSR count). The molecule has 0 radical (unpaired) electrons. The molecular formula is C8H17NS. The van der Waals surface area contributed by atoms with Gasteiger partial charge in [0.2, 0.25) is 0 Å². The Labute approximate surface area is 68.2 Å². The van der Waals surface area contributed by atoms with Gasteiger partial charge in [0.05, 0.1) is 5.37 Å². The highest BCUT2D eigenvalue weighted by Gasteiger charge is 2.29. The third-order valence-corrected chi connectivity index (χ3v) is 4.07. The highest BCUT2D eigenvalue weighted by molar-refractivity contribution is 8.00. The Bertz CT molecular complexity index is 114. The third-order valence-electron chi connectivity index (χ3n) is 2.18. The Kier molecular flexibility index (Phi) is 2.64. The smallest absolute Gasteiger partial charge is 0.0581 e. The summed E-state index contributed by atoms with van der Waals surface area (Å²) in [7, 11) is 2.23. The summed E-state index contributed by atoms with van der Waals surface area (Å²) in [6, 6.07) is 0.775. The summed E-state index contributed by atoms with van der Waals surface area (Å²) in [5.74, 6) is 2.10. The zero-order valence-corrected chi connectivity index (χ0v) is 8.11. The van der Waals surface area contributed by atoms with E-state index in [0.29, 0.717) is 0 Å². The quantitative estimate of drug-likeness (QED) is 0.576. The fourth-order valence-corrected chi connectivity index (χ4v) is 2.93. The Morgan fingerprint density at radius 3 is 2.30 bits per heavy atom. The largest absolute Gasteiger partial charge is 0.291 e. The van der Waals surface area contributed by atoms with E-state index in [1.807, 2.05) is 0 Å². The summed E-state index contributed by atoms with van der Waals surface area (Å²) >= 11 is 2.09. The van der Waals surface area contributed by atoms with Crippen LogP contribution >= 0.6 is 11.8 Å². The first-order chi connectivity index (χ1) is 4.63. The van der Waals surface area contributed by atoms with Crippen molar-refractivity contribution in [2.24, 2.45) is 5.92 Å². The van der Waals surface area contributed by atoms with Crippen molar-refractivity contribution in [2.75, 3.05) is 12.8 Å². The van der Waals surface area contributed by atoms with Gasteiger partial charge in [-0.1, -0.05) is 13.8 Å². The van der Waals surface area contributed by atoms with Crippen LogP contribution < -0.4 is 0 Å². The summed E-state index contributed by atoms with van der Waals surface area (Å²) < 4.78 is 0. The van der Waals surface area contributed by atoms with Gasteiger partial charge >= 0.3 is 0 Å². The molecule has 0 amide bonds. The molecule has 0 aromatic heterocycles. The third kappa shape index (κ3) is 1.48. The van der Waals surface area contributed by atoms with Crippen molar-refractivity contribution in [2.45, 2.75) is 32.2 Å². The summed E-state index contributed by atoms with van der Waals surface area (Å²) in [6.45, 7) is 6.90. The molecule has 0 aliphatic carbocycles. The fourth-order valence-electron chi connectivity index (χ4n) is 1.39. The van der Waals surface area contributed by atoms with Crippen LogP contribution in [0.1, 0.15) is 20.8 Å². The lowest BCUT2D eigenvalue weighted by molar-refractivity contribution is 0.240. The second-order valence-electron chi connectivity index (χ2n) is 3.48. The van der Waals surface area contributed by atoms with Gasteiger partial charge in [-0.15, -0.1) is 11.8 Å². The molecule has 1 fully saturated rings. The average molecular weight is 159 g/mol. The minimum atomic E-state index is 0.759. The van der Waals surface area contributed by atoms with E-state index in [0.717, 1.165) is 17.3 Å². The Morgan fingerprint density at radius 2 is 2.10 bits per heavy atom. The molecule has 2 atom stereocenters. The molecule has 1 heterocycles. The molecule has 2 heteroatoms. The highest BCUT2D eigenvalue weighted by Crippen LogP contribution is 2.31. The Morgan fingerprint density at radius 1 is 1.50 bits per heavy atom. The van der Waals surface area contributed by atoms with Crippen molar-refractivity contribution in [3.05, 3.63) is 0 Å². The number of thioether (sulfide) groups is 1. The first-order valence-corrected chi connectivity index (χ1v) is 5.01. The molecule has 2 unspecified atom stereocenters. The van der Waals surface area contributed by atoms with Crippen LogP contribution in [-0.2, 0) is 0 Å². The minimum absolute atomic E-state index is 0.759. The van der Waals surface area contributed by atoms with E-state index in [-0.39, 0.29) is 0 Å². The fraction of sp³-hybridized carbons (Fsp3) is 1.00. The summed E-state index contributed by atoms with van der Waals surface area (Å²) in [6.07, 6.45) is 0. The molecule has 0 N–H and O–H groups in total. The standard InChI is InChI=1S/C8H17NS/c1-6(2)8-9(4)7(3)5-10-8/h6-8H,5H2,1-4H3. The normalized spacial score (nSPS) is 35.7. The van der Waals surface area contributed by atoms with Crippen molar-refractivity contribution in [1.29, 1.82) is 0 Å². The van der Waals surface area contributed by atoms with Gasteiger partial charge in [0.25, 0.3) is 0 Å². The monoisotopic (exact) mass is 159 g/mol. The van der Waals surface area contributed by atoms with Gasteiger partial charge in [0, 0.05) is 11.8 Å². The van der Waals surface area contributed by atoms with Gasteiger partial charge < -0.3 is 0 Å². The molecule has 0 saturated carbocycles. The second-order valence-corrected chi connectivity index (χ2v) is 4.63. The topological polar surface area (TPSA) is 3.24 Å². The molecule has 1 nitrogen and oxygen atoms in total. The van der Waals surface area contributed by atoms with Crippen LogP contribution in [0.5, 0.6) is 0 Å². The number of hydrogen-bond donors (Lipinski definition) is 0. The van der Waals surface area contributed by atoms with Crippen LogP contribution in [-0.4, -0.2) is 29.1 Å². The van der Waals surface area contributed by atoms with Gasteiger partial charge in [-0.25, -0.2) is 0 Å². The maximum atomic E-state index is 2.48. The van der Waals surface area contributed by atoms with Crippen LogP contribution in [0.25, 0.3) is 0 Å². The predicted molar refractivity (Wildman–Crippen MR) is 48.3 cm³/mol. The maximum absolute atomic E-state index is 2.48. The van der Waals surface area contributed by atoms with Crippen molar-refractivity contribution >= 4 is 11.8 Å². The lowest BCUT2D eigenvalue weighted by Gasteiger charge is -2.24. The Hall–Kier alpha value is 0.310. The van der Waals surface area contributed by atoms with Crippen molar-refractivity contribution < 1.29 is 0 Å². The SMILES string of the molecule is CC(C)C1SCC(C)N1C. The molecule has 0 aromatic carbocycles. The van der Waals surface area contributed by atoms with E-state index in [1.54, 1.807) is 0 Å². The molecule has 1 saturated heterocycles. The van der Waals surface area contributed by atoms with E-state index >= 15 is 0 Å². The first kappa shape index (κ1) is 8.41. The van der Waals surface area contributed by atoms with Gasteiger partial charge in [0.1, 0.15) is 0 Å². The molecule has 0 aromatic rings. The van der Waals surface area contributed by atoms with Crippen molar-refractivity contribution in [1.82, 2.24) is 4.90 Å². The molecule has 10 heavy (non-hydrogen) atoms. The number of hydrogen-bond acceptors (Lipinski definition) is 2. The lowest BCUT2D eigenvalue weighted by atomic mass is 10.2. The van der Waals surface area contributed by atoms with Crippen LogP contribution in [0.15, 0.2) is 0 Å². The van der Waals surface area contributed by atoms with E-state index in [9.17, 15) is 0 Å². The molecular weight excluding hydrogens is 142 g/mol. The number of rotatable bonds is 1. The molecule has 60 valence electrons. The van der Waals surface area contributed by atoms with Gasteiger partial charge in [0.15, 0.2) is 0 Å². The van der Waals surface area contributed by atoms with E-state index in [1.165, 1.54) is 5.75 Å². The Balaban J connectivity index is 2.49. The molecule has 0 spiro atoms. The van der Waals surface area contributed by atoms with E-state index in [2.05, 4.69) is 44.5 Å². The highest BCUT2D eigenvalue weighted by atomic mass is 32.2. The summed E-state index contributed by atoms with van der Waals surface area (Å²) in [5.41, 5.74) is 0. The summed E-state index contributed by atoms with van der Waals surface area (Å²) in [4.78, 5) is 2.48. The minimum Gasteiger partial charge on any atom is -0.291 e. The summed E-state index contributed by atoms with van der Waals surface area (Å²) in [5, 5.41) is 0.759. The van der Waals surface area contributed by atoms with E-state index < -0.39 is 0 Å². The number of nitrogens with zero attached hydrogens (tertiary/aromatic N) is 1. The predicted octanol–water partition coefficient (Wildman–Crippen LogP) is 2.04. The van der Waals surface area contributed by atoms with Crippen LogP contribution in [0.4, 0.5) is 0 Å².